The molecular formula is C16H13BrFNS. The van der Waals surface area contributed by atoms with E-state index in [0.29, 0.717) is 5.56 Å². The molecule has 20 heavy (non-hydrogen) atoms. The van der Waals surface area contributed by atoms with Gasteiger partial charge in [0, 0.05) is 14.7 Å². The highest BCUT2D eigenvalue weighted by molar-refractivity contribution is 9.10. The molecule has 0 spiro atoms. The molecule has 0 aliphatic carbocycles. The van der Waals surface area contributed by atoms with Crippen molar-refractivity contribution >= 4 is 37.4 Å². The smallest absolute Gasteiger partial charge is 0.128 e. The molecule has 2 aromatic carbocycles. The Labute approximate surface area is 129 Å². The number of fused-ring (bicyclic) bond motifs is 1. The number of thiophene rings is 1. The van der Waals surface area contributed by atoms with E-state index in [-0.39, 0.29) is 5.82 Å². The number of aryl methyl sites for hydroxylation is 1. The van der Waals surface area contributed by atoms with Crippen LogP contribution < -0.4 is 5.73 Å². The number of rotatable bonds is 2. The largest absolute Gasteiger partial charge is 0.320 e. The molecule has 0 radical (unpaired) electrons. The molecule has 0 bridgehead atoms. The van der Waals surface area contributed by atoms with Gasteiger partial charge in [0.15, 0.2) is 0 Å². The van der Waals surface area contributed by atoms with E-state index >= 15 is 0 Å². The molecule has 0 aliphatic heterocycles. The number of halogens is 2. The molecule has 3 aromatic rings. The SMILES string of the molecule is Cc1ccc(C(N)c2csc3c(Br)cccc23)c(F)c1. The van der Waals surface area contributed by atoms with Gasteiger partial charge < -0.3 is 5.73 Å². The van der Waals surface area contributed by atoms with E-state index < -0.39 is 6.04 Å². The highest BCUT2D eigenvalue weighted by Gasteiger charge is 2.18. The van der Waals surface area contributed by atoms with E-state index in [0.717, 1.165) is 25.7 Å². The summed E-state index contributed by atoms with van der Waals surface area (Å²) < 4.78 is 16.3. The summed E-state index contributed by atoms with van der Waals surface area (Å²) >= 11 is 5.16. The maximum Gasteiger partial charge on any atom is 0.128 e. The minimum Gasteiger partial charge on any atom is -0.320 e. The maximum atomic E-state index is 14.1. The first kappa shape index (κ1) is 13.7. The van der Waals surface area contributed by atoms with Gasteiger partial charge in [-0.3, -0.25) is 0 Å². The Hall–Kier alpha value is -1.23. The van der Waals surface area contributed by atoms with Gasteiger partial charge in [0.1, 0.15) is 5.82 Å². The van der Waals surface area contributed by atoms with Gasteiger partial charge in [0.05, 0.1) is 6.04 Å². The van der Waals surface area contributed by atoms with Gasteiger partial charge in [0.2, 0.25) is 0 Å². The zero-order valence-electron chi connectivity index (χ0n) is 10.9. The summed E-state index contributed by atoms with van der Waals surface area (Å²) in [7, 11) is 0. The maximum absolute atomic E-state index is 14.1. The van der Waals surface area contributed by atoms with Crippen LogP contribution in [-0.4, -0.2) is 0 Å². The van der Waals surface area contributed by atoms with Crippen molar-refractivity contribution in [2.45, 2.75) is 13.0 Å². The summed E-state index contributed by atoms with van der Waals surface area (Å²) in [4.78, 5) is 0. The van der Waals surface area contributed by atoms with Crippen LogP contribution >= 0.6 is 27.3 Å². The molecule has 0 fully saturated rings. The van der Waals surface area contributed by atoms with Crippen molar-refractivity contribution in [3.05, 3.63) is 68.8 Å². The van der Waals surface area contributed by atoms with Crippen LogP contribution in [0.2, 0.25) is 0 Å². The van der Waals surface area contributed by atoms with Gasteiger partial charge in [-0.1, -0.05) is 24.3 Å². The molecule has 1 unspecified atom stereocenters. The quantitative estimate of drug-likeness (QED) is 0.679. The van der Waals surface area contributed by atoms with E-state index in [9.17, 15) is 4.39 Å². The number of hydrogen-bond acceptors (Lipinski definition) is 2. The van der Waals surface area contributed by atoms with E-state index in [2.05, 4.69) is 15.9 Å². The average Bonchev–Trinajstić information content (AvgIpc) is 2.83. The molecule has 0 saturated carbocycles. The molecule has 4 heteroatoms. The lowest BCUT2D eigenvalue weighted by Crippen LogP contribution is -2.13. The monoisotopic (exact) mass is 349 g/mol. The summed E-state index contributed by atoms with van der Waals surface area (Å²) in [5, 5.41) is 3.09. The van der Waals surface area contributed by atoms with Crippen LogP contribution in [0, 0.1) is 12.7 Å². The van der Waals surface area contributed by atoms with Crippen molar-refractivity contribution in [1.82, 2.24) is 0 Å². The molecule has 1 heterocycles. The Kier molecular flexibility index (Phi) is 3.63. The van der Waals surface area contributed by atoms with Gasteiger partial charge in [-0.05, 0) is 56.9 Å². The van der Waals surface area contributed by atoms with Crippen LogP contribution in [0.5, 0.6) is 0 Å². The average molecular weight is 350 g/mol. The molecule has 1 atom stereocenters. The van der Waals surface area contributed by atoms with Crippen molar-refractivity contribution < 1.29 is 4.39 Å². The molecule has 102 valence electrons. The molecular weight excluding hydrogens is 337 g/mol. The highest BCUT2D eigenvalue weighted by atomic mass is 79.9. The van der Waals surface area contributed by atoms with Crippen molar-refractivity contribution in [1.29, 1.82) is 0 Å². The van der Waals surface area contributed by atoms with Gasteiger partial charge in [-0.2, -0.15) is 0 Å². The zero-order valence-corrected chi connectivity index (χ0v) is 13.3. The second-order valence-corrected chi connectivity index (χ2v) is 6.54. The number of nitrogens with two attached hydrogens (primary N) is 1. The Bertz CT molecular complexity index is 781. The van der Waals surface area contributed by atoms with E-state index in [1.54, 1.807) is 17.4 Å². The topological polar surface area (TPSA) is 26.0 Å². The predicted molar refractivity (Wildman–Crippen MR) is 86.7 cm³/mol. The lowest BCUT2D eigenvalue weighted by atomic mass is 9.98. The van der Waals surface area contributed by atoms with Gasteiger partial charge >= 0.3 is 0 Å². The zero-order chi connectivity index (χ0) is 14.3. The third-order valence-corrected chi connectivity index (χ3v) is 5.38. The van der Waals surface area contributed by atoms with Crippen molar-refractivity contribution in [2.75, 3.05) is 0 Å². The van der Waals surface area contributed by atoms with Gasteiger partial charge in [-0.25, -0.2) is 4.39 Å². The molecule has 0 amide bonds. The standard InChI is InChI=1S/C16H13BrFNS/c1-9-5-6-11(14(18)7-9)15(19)12-8-20-16-10(12)3-2-4-13(16)17/h2-8,15H,19H2,1H3. The molecule has 0 aliphatic rings. The van der Waals surface area contributed by atoms with Crippen LogP contribution in [0.3, 0.4) is 0 Å². The van der Waals surface area contributed by atoms with E-state index in [1.807, 2.05) is 36.6 Å². The molecule has 2 N–H and O–H groups in total. The van der Waals surface area contributed by atoms with Crippen molar-refractivity contribution in [2.24, 2.45) is 5.73 Å². The lowest BCUT2D eigenvalue weighted by molar-refractivity contribution is 0.599. The summed E-state index contributed by atoms with van der Waals surface area (Å²) in [6.45, 7) is 1.87. The highest BCUT2D eigenvalue weighted by Crippen LogP contribution is 2.36. The molecule has 1 nitrogen and oxygen atoms in total. The predicted octanol–water partition coefficient (Wildman–Crippen LogP) is 5.16. The van der Waals surface area contributed by atoms with Crippen molar-refractivity contribution in [3.8, 4) is 0 Å². The Morgan fingerprint density at radius 3 is 2.75 bits per heavy atom. The fourth-order valence-electron chi connectivity index (χ4n) is 2.33. The second-order valence-electron chi connectivity index (χ2n) is 4.81. The number of hydrogen-bond donors (Lipinski definition) is 1. The van der Waals surface area contributed by atoms with Crippen LogP contribution in [0.25, 0.3) is 10.1 Å². The van der Waals surface area contributed by atoms with Gasteiger partial charge in [-0.15, -0.1) is 11.3 Å². The molecule has 3 rings (SSSR count). The van der Waals surface area contributed by atoms with Crippen LogP contribution in [0.4, 0.5) is 4.39 Å². The Morgan fingerprint density at radius 2 is 2.00 bits per heavy atom. The summed E-state index contributed by atoms with van der Waals surface area (Å²) in [5.41, 5.74) is 8.68. The van der Waals surface area contributed by atoms with Gasteiger partial charge in [0.25, 0.3) is 0 Å². The first-order valence-corrected chi connectivity index (χ1v) is 7.92. The fraction of sp³-hybridized carbons (Fsp3) is 0.125. The summed E-state index contributed by atoms with van der Waals surface area (Å²) in [5.74, 6) is -0.244. The minimum atomic E-state index is -0.446. The minimum absolute atomic E-state index is 0.244. The van der Waals surface area contributed by atoms with Crippen LogP contribution in [0.15, 0.2) is 46.3 Å². The third kappa shape index (κ3) is 2.28. The Morgan fingerprint density at radius 1 is 1.20 bits per heavy atom. The third-order valence-electron chi connectivity index (χ3n) is 3.41. The fourth-order valence-corrected chi connectivity index (χ4v) is 3.99. The lowest BCUT2D eigenvalue weighted by Gasteiger charge is -2.13. The molecule has 1 aromatic heterocycles. The Balaban J connectivity index is 2.13. The van der Waals surface area contributed by atoms with E-state index in [4.69, 9.17) is 5.73 Å². The van der Waals surface area contributed by atoms with Crippen LogP contribution in [0.1, 0.15) is 22.7 Å². The summed E-state index contributed by atoms with van der Waals surface area (Å²) in [6.07, 6.45) is 0. The van der Waals surface area contributed by atoms with E-state index in [1.165, 1.54) is 6.07 Å². The first-order valence-electron chi connectivity index (χ1n) is 6.25. The van der Waals surface area contributed by atoms with Crippen LogP contribution in [-0.2, 0) is 0 Å². The summed E-state index contributed by atoms with van der Waals surface area (Å²) in [6, 6.07) is 10.7. The normalized spacial score (nSPS) is 12.8. The second kappa shape index (κ2) is 5.28. The van der Waals surface area contributed by atoms with Crippen molar-refractivity contribution in [3.63, 3.8) is 0 Å². The molecule has 0 saturated heterocycles. The number of benzene rings is 2. The first-order chi connectivity index (χ1) is 9.58.